The maximum absolute atomic E-state index is 12.4. The van der Waals surface area contributed by atoms with Crippen LogP contribution in [0.3, 0.4) is 0 Å². The number of methoxy groups -OCH3 is 1. The van der Waals surface area contributed by atoms with Crippen LogP contribution in [0.1, 0.15) is 20.9 Å². The number of carbonyl (C=O) groups excluding carboxylic acids is 1. The first-order valence-corrected chi connectivity index (χ1v) is 8.25. The van der Waals surface area contributed by atoms with Gasteiger partial charge < -0.3 is 9.53 Å². The van der Waals surface area contributed by atoms with Gasteiger partial charge in [-0.25, -0.2) is 0 Å². The molecule has 0 radical (unpaired) electrons. The molecule has 116 valence electrons. The second kappa shape index (κ2) is 6.39. The van der Waals surface area contributed by atoms with Gasteiger partial charge in [-0.2, -0.15) is 0 Å². The van der Waals surface area contributed by atoms with Crippen molar-refractivity contribution in [3.05, 3.63) is 87.6 Å². The monoisotopic (exact) mass is 322 g/mol. The lowest BCUT2D eigenvalue weighted by atomic mass is 9.74. The maximum atomic E-state index is 12.4. The number of aryl methyl sites for hydroxylation is 1. The van der Waals surface area contributed by atoms with E-state index in [2.05, 4.69) is 13.0 Å². The van der Waals surface area contributed by atoms with E-state index in [0.29, 0.717) is 0 Å². The molecule has 1 aromatic heterocycles. The first kappa shape index (κ1) is 15.5. The summed E-state index contributed by atoms with van der Waals surface area (Å²) in [5.41, 5.74) is 1.13. The van der Waals surface area contributed by atoms with Crippen molar-refractivity contribution in [2.24, 2.45) is 0 Å². The highest BCUT2D eigenvalue weighted by Gasteiger charge is 2.37. The molecule has 0 aliphatic heterocycles. The van der Waals surface area contributed by atoms with Crippen molar-refractivity contribution in [2.45, 2.75) is 12.3 Å². The molecular weight excluding hydrogens is 304 g/mol. The Bertz CT molecular complexity index is 790. The third kappa shape index (κ3) is 2.68. The molecule has 3 rings (SSSR count). The lowest BCUT2D eigenvalue weighted by Crippen LogP contribution is -2.30. The van der Waals surface area contributed by atoms with Crippen LogP contribution in [-0.2, 0) is 10.2 Å². The van der Waals surface area contributed by atoms with Gasteiger partial charge >= 0.3 is 0 Å². The molecule has 0 aliphatic carbocycles. The Balaban J connectivity index is 2.25. The van der Waals surface area contributed by atoms with Crippen molar-refractivity contribution in [3.63, 3.8) is 0 Å². The number of rotatable bonds is 5. The lowest BCUT2D eigenvalue weighted by molar-refractivity contribution is -0.110. The Morgan fingerprint density at radius 1 is 0.913 bits per heavy atom. The predicted molar refractivity (Wildman–Crippen MR) is 94.4 cm³/mol. The minimum Gasteiger partial charge on any atom is -0.497 e. The van der Waals surface area contributed by atoms with Gasteiger partial charge in [-0.1, -0.05) is 42.5 Å². The summed E-state index contributed by atoms with van der Waals surface area (Å²) in [4.78, 5) is 14.6. The summed E-state index contributed by atoms with van der Waals surface area (Å²) in [5.74, 6) is 0.781. The quantitative estimate of drug-likeness (QED) is 0.642. The van der Waals surface area contributed by atoms with Crippen LogP contribution in [0.5, 0.6) is 5.75 Å². The van der Waals surface area contributed by atoms with Crippen molar-refractivity contribution in [3.8, 4) is 5.75 Å². The highest BCUT2D eigenvalue weighted by Crippen LogP contribution is 2.41. The topological polar surface area (TPSA) is 26.3 Å². The van der Waals surface area contributed by atoms with Gasteiger partial charge in [-0.3, -0.25) is 0 Å². The van der Waals surface area contributed by atoms with E-state index in [1.165, 1.54) is 4.88 Å². The summed E-state index contributed by atoms with van der Waals surface area (Å²) in [5, 5.41) is 0. The predicted octanol–water partition coefficient (Wildman–Crippen LogP) is 4.60. The number of ether oxygens (including phenoxy) is 1. The lowest BCUT2D eigenvalue weighted by Gasteiger charge is -2.28. The summed E-state index contributed by atoms with van der Waals surface area (Å²) < 4.78 is 5.25. The number of thiophene rings is 1. The molecular formula is C20H18O2S. The van der Waals surface area contributed by atoms with Gasteiger partial charge in [0.2, 0.25) is 0 Å². The van der Waals surface area contributed by atoms with Gasteiger partial charge in [0, 0.05) is 9.75 Å². The third-order valence-corrected chi connectivity index (χ3v) is 5.22. The summed E-state index contributed by atoms with van der Waals surface area (Å²) in [7, 11) is 1.64. The molecule has 0 saturated carbocycles. The van der Waals surface area contributed by atoms with E-state index in [4.69, 9.17) is 4.74 Å². The van der Waals surface area contributed by atoms with E-state index in [9.17, 15) is 4.79 Å². The minimum absolute atomic E-state index is 0.781. The van der Waals surface area contributed by atoms with Crippen LogP contribution < -0.4 is 4.74 Å². The molecule has 0 saturated heterocycles. The molecule has 0 N–H and O–H groups in total. The normalized spacial score (nSPS) is 13.3. The highest BCUT2D eigenvalue weighted by atomic mass is 32.1. The summed E-state index contributed by atoms with van der Waals surface area (Å²) >= 11 is 1.66. The van der Waals surface area contributed by atoms with Crippen LogP contribution in [-0.4, -0.2) is 13.4 Å². The standard InChI is InChI=1S/C20H18O2S/c1-15-8-13-19(23-15)20(14-21,16-6-4-3-5-7-16)17-9-11-18(22-2)12-10-17/h3-14H,1-2H3. The van der Waals surface area contributed by atoms with Gasteiger partial charge in [-0.15, -0.1) is 11.3 Å². The first-order chi connectivity index (χ1) is 11.2. The number of hydrogen-bond donors (Lipinski definition) is 0. The van der Waals surface area contributed by atoms with Gasteiger partial charge in [0.05, 0.1) is 7.11 Å². The second-order valence-electron chi connectivity index (χ2n) is 5.43. The molecule has 0 spiro atoms. The summed E-state index contributed by atoms with van der Waals surface area (Å²) in [6.45, 7) is 2.06. The molecule has 0 amide bonds. The summed E-state index contributed by atoms with van der Waals surface area (Å²) in [6, 6.07) is 21.8. The molecule has 2 aromatic carbocycles. The van der Waals surface area contributed by atoms with E-state index in [1.807, 2.05) is 60.7 Å². The molecule has 0 fully saturated rings. The van der Waals surface area contributed by atoms with E-state index in [-0.39, 0.29) is 0 Å². The Kier molecular flexibility index (Phi) is 4.30. The van der Waals surface area contributed by atoms with Gasteiger partial charge in [-0.05, 0) is 42.3 Å². The Morgan fingerprint density at radius 3 is 2.09 bits per heavy atom. The zero-order valence-corrected chi connectivity index (χ0v) is 14.0. The zero-order valence-electron chi connectivity index (χ0n) is 13.2. The van der Waals surface area contributed by atoms with Crippen molar-refractivity contribution in [1.29, 1.82) is 0 Å². The number of hydrogen-bond acceptors (Lipinski definition) is 3. The average molecular weight is 322 g/mol. The van der Waals surface area contributed by atoms with Crippen LogP contribution in [0.15, 0.2) is 66.7 Å². The van der Waals surface area contributed by atoms with Crippen LogP contribution in [0, 0.1) is 6.92 Å². The largest absolute Gasteiger partial charge is 0.497 e. The van der Waals surface area contributed by atoms with Gasteiger partial charge in [0.1, 0.15) is 17.5 Å². The Hall–Kier alpha value is -2.39. The van der Waals surface area contributed by atoms with E-state index in [1.54, 1.807) is 18.4 Å². The molecule has 0 aliphatic rings. The zero-order chi connectivity index (χ0) is 16.3. The van der Waals surface area contributed by atoms with Crippen molar-refractivity contribution >= 4 is 17.6 Å². The fourth-order valence-corrected chi connectivity index (χ4v) is 3.91. The molecule has 3 aromatic rings. The van der Waals surface area contributed by atoms with E-state index < -0.39 is 5.41 Å². The molecule has 1 unspecified atom stereocenters. The number of benzene rings is 2. The Labute approximate surface area is 140 Å². The van der Waals surface area contributed by atoms with Gasteiger partial charge in [0.15, 0.2) is 0 Å². The van der Waals surface area contributed by atoms with Gasteiger partial charge in [0.25, 0.3) is 0 Å². The molecule has 1 atom stereocenters. The fourth-order valence-electron chi connectivity index (χ4n) is 2.85. The first-order valence-electron chi connectivity index (χ1n) is 7.44. The molecule has 3 heteroatoms. The van der Waals surface area contributed by atoms with Crippen LogP contribution in [0.2, 0.25) is 0 Å². The van der Waals surface area contributed by atoms with E-state index >= 15 is 0 Å². The third-order valence-electron chi connectivity index (χ3n) is 4.08. The fraction of sp³-hybridized carbons (Fsp3) is 0.150. The molecule has 1 heterocycles. The number of carbonyl (C=O) groups is 1. The molecule has 2 nitrogen and oxygen atoms in total. The van der Waals surface area contributed by atoms with Crippen LogP contribution in [0.25, 0.3) is 0 Å². The van der Waals surface area contributed by atoms with Crippen molar-refractivity contribution < 1.29 is 9.53 Å². The number of aldehydes is 1. The SMILES string of the molecule is COc1ccc(C(C=O)(c2ccccc2)c2ccc(C)s2)cc1. The minimum atomic E-state index is -0.785. The smallest absolute Gasteiger partial charge is 0.140 e. The molecule has 0 bridgehead atoms. The average Bonchev–Trinajstić information content (AvgIpc) is 3.04. The highest BCUT2D eigenvalue weighted by molar-refractivity contribution is 7.12. The molecule has 23 heavy (non-hydrogen) atoms. The maximum Gasteiger partial charge on any atom is 0.140 e. The van der Waals surface area contributed by atoms with E-state index in [0.717, 1.165) is 28.0 Å². The van der Waals surface area contributed by atoms with Crippen molar-refractivity contribution in [1.82, 2.24) is 0 Å². The second-order valence-corrected chi connectivity index (χ2v) is 6.72. The summed E-state index contributed by atoms with van der Waals surface area (Å²) in [6.07, 6.45) is 1.05. The van der Waals surface area contributed by atoms with Crippen LogP contribution in [0.4, 0.5) is 0 Å². The van der Waals surface area contributed by atoms with Crippen molar-refractivity contribution in [2.75, 3.05) is 7.11 Å². The van der Waals surface area contributed by atoms with Crippen LogP contribution >= 0.6 is 11.3 Å². The Morgan fingerprint density at radius 2 is 1.57 bits per heavy atom.